The summed E-state index contributed by atoms with van der Waals surface area (Å²) in [5.74, 6) is 0. The Hall–Kier alpha value is -6.92. The molecule has 2 fully saturated rings. The van der Waals surface area contributed by atoms with Crippen LogP contribution in [0.1, 0.15) is 34.4 Å². The van der Waals surface area contributed by atoms with Gasteiger partial charge in [0.2, 0.25) is 0 Å². The van der Waals surface area contributed by atoms with Gasteiger partial charge in [-0.3, -0.25) is 0 Å². The highest BCUT2D eigenvalue weighted by atomic mass is 16.7. The highest BCUT2D eigenvalue weighted by Crippen LogP contribution is 2.40. The van der Waals surface area contributed by atoms with E-state index in [2.05, 4.69) is 70.7 Å². The Kier molecular flexibility index (Phi) is 12.4. The fourth-order valence-corrected chi connectivity index (χ4v) is 9.94. The minimum absolute atomic E-state index is 0.490. The summed E-state index contributed by atoms with van der Waals surface area (Å²) in [4.78, 5) is 18.2. The molecule has 4 aliphatic heterocycles. The number of aliphatic hydroxyl groups excluding tert-OH is 7. The zero-order valence-electron chi connectivity index (χ0n) is 37.5. The van der Waals surface area contributed by atoms with E-state index in [9.17, 15) is 35.7 Å². The quantitative estimate of drug-likeness (QED) is 0.0741. The van der Waals surface area contributed by atoms with Gasteiger partial charge in [0, 0.05) is 44.3 Å². The minimum atomic E-state index is -1.77. The first-order valence-electron chi connectivity index (χ1n) is 23.2. The highest BCUT2D eigenvalue weighted by Gasteiger charge is 2.50. The summed E-state index contributed by atoms with van der Waals surface area (Å²) in [6.07, 6.45) is -6.92. The van der Waals surface area contributed by atoms with Crippen LogP contribution in [0.2, 0.25) is 0 Å². The van der Waals surface area contributed by atoms with Gasteiger partial charge in [0.05, 0.1) is 36.0 Å². The summed E-state index contributed by atoms with van der Waals surface area (Å²) in [5.41, 5.74) is 14.2. The summed E-state index contributed by atoms with van der Waals surface area (Å²) in [6, 6.07) is 46.1. The highest BCUT2D eigenvalue weighted by molar-refractivity contribution is 5.99. The molecule has 14 heteroatoms. The maximum Gasteiger partial charge on any atom is 0.187 e. The predicted octanol–water partition coefficient (Wildman–Crippen LogP) is 6.66. The number of hydrogen-bond donors (Lipinski definition) is 9. The second kappa shape index (κ2) is 19.1. The van der Waals surface area contributed by atoms with E-state index in [0.717, 1.165) is 83.7 Å². The van der Waals surface area contributed by atoms with E-state index in [4.69, 9.17) is 24.2 Å². The van der Waals surface area contributed by atoms with E-state index in [-0.39, 0.29) is 0 Å². The Morgan fingerprint density at radius 3 is 1.21 bits per heavy atom. The molecule has 0 amide bonds. The van der Waals surface area contributed by atoms with Gasteiger partial charge in [-0.25, -0.2) is 9.97 Å². The van der Waals surface area contributed by atoms with Gasteiger partial charge in [-0.2, -0.15) is 0 Å². The molecule has 9 N–H and O–H groups in total. The Balaban J connectivity index is 1.06. The fraction of sp³-hybridized carbons (Fsp3) is 0.214. The van der Waals surface area contributed by atoms with Crippen molar-refractivity contribution in [3.05, 3.63) is 168 Å². The third-order valence-electron chi connectivity index (χ3n) is 13.5. The van der Waals surface area contributed by atoms with Crippen LogP contribution in [0, 0.1) is 0 Å². The van der Waals surface area contributed by atoms with Gasteiger partial charge in [0.25, 0.3) is 0 Å². The van der Waals surface area contributed by atoms with Crippen LogP contribution in [0.3, 0.4) is 0 Å². The topological polar surface area (TPSA) is 227 Å². The third-order valence-corrected chi connectivity index (χ3v) is 13.5. The Bertz CT molecular complexity index is 3210. The number of rotatable bonds is 9. The second-order valence-corrected chi connectivity index (χ2v) is 17.8. The first kappa shape index (κ1) is 45.5. The summed E-state index contributed by atoms with van der Waals surface area (Å²) in [5, 5.41) is 74.3. The van der Waals surface area contributed by atoms with Crippen molar-refractivity contribution >= 4 is 46.4 Å². The molecule has 0 aliphatic carbocycles. The van der Waals surface area contributed by atoms with Crippen LogP contribution in [0.25, 0.3) is 90.9 Å². The standard InChI is InChI=1S/C56H50N4O10/c61-28-43-49(63)50(64)53(67)56(69-43)70-55-44(29-62)68-54(51(65)52(55)66)34-18-16-33(17-19-34)48-41-26-24-39(59-41)46(31-12-6-2-7-13-31)37-22-20-35(57-37)45(30-10-4-1-5-11-30)36-21-23-38(58-36)47(32-14-8-3-9-15-32)40-25-27-42(48)60-40/h1-27,43-44,49-57,60-67H,28-29H2/t43-,44-,49+,50+,51-,52-,53-,54+,55-,56+/m1/s1. The molecular formula is C56H50N4O10. The molecule has 7 heterocycles. The fourth-order valence-electron chi connectivity index (χ4n) is 9.94. The SMILES string of the molecule is OC[C@H]1O[C@@H](O[C@H]2[C@H](O)[C@@H](O)[C@H](c3ccc(-c4c5nc(c(-c6ccccc6)c6ccc([nH]6)c(-c6ccccc6)c6nc(c(-c7ccccc7)c7ccc4[nH]7)C=C6)C=C5)cc3)O[C@@H]2CO)[C@H](O)[C@@H](O)[C@H]1O. The lowest BCUT2D eigenvalue weighted by Gasteiger charge is -2.46. The van der Waals surface area contributed by atoms with E-state index in [1.165, 1.54) is 0 Å². The van der Waals surface area contributed by atoms with Crippen molar-refractivity contribution in [3.8, 4) is 44.5 Å². The molecule has 70 heavy (non-hydrogen) atoms. The predicted molar refractivity (Wildman–Crippen MR) is 266 cm³/mol. The molecule has 14 nitrogen and oxygen atoms in total. The number of H-pyrrole nitrogens is 2. The molecule has 4 aliphatic rings. The number of nitrogens with zero attached hydrogens (tertiary/aromatic N) is 2. The maximum absolute atomic E-state index is 11.5. The molecule has 0 unspecified atom stereocenters. The normalized spacial score (nSPS) is 25.3. The molecule has 3 aromatic heterocycles. The van der Waals surface area contributed by atoms with E-state index in [0.29, 0.717) is 11.3 Å². The van der Waals surface area contributed by atoms with Gasteiger partial charge in [-0.05, 0) is 76.4 Å². The van der Waals surface area contributed by atoms with Crippen molar-refractivity contribution in [1.82, 2.24) is 19.9 Å². The monoisotopic (exact) mass is 938 g/mol. The molecule has 2 saturated heterocycles. The van der Waals surface area contributed by atoms with Gasteiger partial charge in [-0.15, -0.1) is 0 Å². The van der Waals surface area contributed by atoms with Crippen LogP contribution >= 0.6 is 0 Å². The van der Waals surface area contributed by atoms with E-state index >= 15 is 0 Å². The van der Waals surface area contributed by atoms with Crippen molar-refractivity contribution in [2.75, 3.05) is 13.2 Å². The van der Waals surface area contributed by atoms with E-state index in [1.54, 1.807) is 12.1 Å². The zero-order valence-corrected chi connectivity index (χ0v) is 37.5. The number of benzene rings is 4. The number of aromatic nitrogens is 4. The van der Waals surface area contributed by atoms with Crippen LogP contribution < -0.4 is 0 Å². The summed E-state index contributed by atoms with van der Waals surface area (Å²) in [6.45, 7) is -1.34. The van der Waals surface area contributed by atoms with Crippen molar-refractivity contribution < 1.29 is 50.0 Å². The van der Waals surface area contributed by atoms with Crippen molar-refractivity contribution in [3.63, 3.8) is 0 Å². The lowest BCUT2D eigenvalue weighted by atomic mass is 9.90. The number of aromatic amines is 2. The number of ether oxygens (including phenoxy) is 3. The summed E-state index contributed by atoms with van der Waals surface area (Å²) < 4.78 is 17.5. The van der Waals surface area contributed by atoms with Crippen molar-refractivity contribution in [1.29, 1.82) is 0 Å². The zero-order chi connectivity index (χ0) is 48.0. The number of aliphatic hydroxyl groups is 7. The number of nitrogens with one attached hydrogen (secondary N) is 2. The van der Waals surface area contributed by atoms with Crippen LogP contribution in [-0.4, -0.2) is 124 Å². The Morgan fingerprint density at radius 1 is 0.414 bits per heavy atom. The maximum atomic E-state index is 11.5. The van der Waals surface area contributed by atoms with Gasteiger partial charge < -0.3 is 59.9 Å². The Morgan fingerprint density at radius 2 is 0.814 bits per heavy atom. The Labute approximate surface area is 401 Å². The van der Waals surface area contributed by atoms with Crippen LogP contribution in [0.4, 0.5) is 0 Å². The molecule has 0 saturated carbocycles. The largest absolute Gasteiger partial charge is 0.394 e. The molecular weight excluding hydrogens is 889 g/mol. The number of fused-ring (bicyclic) bond motifs is 8. The average Bonchev–Trinajstić information content (AvgIpc) is 4.26. The van der Waals surface area contributed by atoms with Gasteiger partial charge >= 0.3 is 0 Å². The first-order chi connectivity index (χ1) is 34.2. The van der Waals surface area contributed by atoms with Gasteiger partial charge in [0.15, 0.2) is 6.29 Å². The van der Waals surface area contributed by atoms with Crippen LogP contribution in [-0.2, 0) is 14.2 Å². The van der Waals surface area contributed by atoms with Crippen LogP contribution in [0.5, 0.6) is 0 Å². The lowest BCUT2D eigenvalue weighted by Crippen LogP contribution is -2.63. The molecule has 8 bridgehead atoms. The smallest absolute Gasteiger partial charge is 0.187 e. The van der Waals surface area contributed by atoms with Crippen molar-refractivity contribution in [2.45, 2.75) is 61.2 Å². The summed E-state index contributed by atoms with van der Waals surface area (Å²) in [7, 11) is 0. The average molecular weight is 939 g/mol. The molecule has 0 radical (unpaired) electrons. The molecule has 4 aromatic carbocycles. The van der Waals surface area contributed by atoms with E-state index in [1.807, 2.05) is 91.0 Å². The summed E-state index contributed by atoms with van der Waals surface area (Å²) >= 11 is 0. The van der Waals surface area contributed by atoms with E-state index < -0.39 is 74.4 Å². The van der Waals surface area contributed by atoms with Gasteiger partial charge in [-0.1, -0.05) is 115 Å². The molecule has 10 atom stereocenters. The second-order valence-electron chi connectivity index (χ2n) is 17.8. The van der Waals surface area contributed by atoms with Crippen LogP contribution in [0.15, 0.2) is 140 Å². The molecule has 7 aromatic rings. The minimum Gasteiger partial charge on any atom is -0.394 e. The van der Waals surface area contributed by atoms with Crippen molar-refractivity contribution in [2.24, 2.45) is 0 Å². The molecule has 354 valence electrons. The molecule has 11 rings (SSSR count). The lowest BCUT2D eigenvalue weighted by molar-refractivity contribution is -0.342. The molecule has 0 spiro atoms. The third kappa shape index (κ3) is 8.29. The number of hydrogen-bond acceptors (Lipinski definition) is 12. The van der Waals surface area contributed by atoms with Gasteiger partial charge in [0.1, 0.15) is 54.9 Å². The first-order valence-corrected chi connectivity index (χ1v) is 23.2.